The maximum absolute atomic E-state index is 12.4. The Balaban J connectivity index is 2.81. The van der Waals surface area contributed by atoms with Gasteiger partial charge in [0.15, 0.2) is 5.92 Å². The third kappa shape index (κ3) is 5.11. The largest absolute Gasteiger partial charge is 0.335 e. The normalized spacial score (nSPS) is 18.5. The lowest BCUT2D eigenvalue weighted by atomic mass is 9.95. The molecular weight excluding hydrogens is 320 g/mol. The first kappa shape index (κ1) is 21.3. The van der Waals surface area contributed by atoms with E-state index in [0.717, 1.165) is 42.3 Å². The molecule has 0 aliphatic carbocycles. The van der Waals surface area contributed by atoms with E-state index in [1.165, 1.54) is 14.1 Å². The molecular formula is C18H33N4O3+. The second kappa shape index (κ2) is 9.65. The van der Waals surface area contributed by atoms with E-state index in [-0.39, 0.29) is 6.04 Å². The van der Waals surface area contributed by atoms with Gasteiger partial charge in [0.2, 0.25) is 11.8 Å². The predicted molar refractivity (Wildman–Crippen MR) is 97.8 cm³/mol. The number of barbiturate groups is 1. The summed E-state index contributed by atoms with van der Waals surface area (Å²) in [4.78, 5) is 44.9. The van der Waals surface area contributed by atoms with Crippen LogP contribution in [0.3, 0.4) is 0 Å². The maximum atomic E-state index is 12.4. The average Bonchev–Trinajstić information content (AvgIpc) is 2.61. The van der Waals surface area contributed by atoms with Crippen molar-refractivity contribution < 1.29 is 19.3 Å². The Morgan fingerprint density at radius 3 is 2.04 bits per heavy atom. The van der Waals surface area contributed by atoms with Crippen molar-refractivity contribution in [3.8, 4) is 0 Å². The highest BCUT2D eigenvalue weighted by Gasteiger charge is 2.44. The van der Waals surface area contributed by atoms with Gasteiger partial charge in [-0.15, -0.1) is 0 Å². The number of hydrogen-bond acceptors (Lipinski definition) is 4. The third-order valence-electron chi connectivity index (χ3n) is 4.96. The molecule has 0 spiro atoms. The van der Waals surface area contributed by atoms with Crippen LogP contribution >= 0.6 is 0 Å². The number of amides is 4. The van der Waals surface area contributed by atoms with E-state index >= 15 is 0 Å². The van der Waals surface area contributed by atoms with Crippen molar-refractivity contribution in [3.05, 3.63) is 0 Å². The van der Waals surface area contributed by atoms with Crippen LogP contribution in [0.5, 0.6) is 0 Å². The number of carbonyl (C=O) groups is 3. The van der Waals surface area contributed by atoms with Gasteiger partial charge in [0.25, 0.3) is 0 Å². The third-order valence-corrected chi connectivity index (χ3v) is 4.96. The molecule has 1 aliphatic rings. The van der Waals surface area contributed by atoms with Gasteiger partial charge >= 0.3 is 6.03 Å². The van der Waals surface area contributed by atoms with Gasteiger partial charge in [-0.3, -0.25) is 24.4 Å². The molecule has 142 valence electrons. The van der Waals surface area contributed by atoms with Crippen LogP contribution < -0.4 is 4.90 Å². The molecule has 7 heteroatoms. The monoisotopic (exact) mass is 353 g/mol. The molecule has 1 saturated heterocycles. The smallest absolute Gasteiger partial charge is 0.332 e. The van der Waals surface area contributed by atoms with E-state index in [0.29, 0.717) is 12.1 Å². The highest BCUT2D eigenvalue weighted by atomic mass is 16.2. The number of quaternary nitrogens is 1. The molecule has 1 heterocycles. The summed E-state index contributed by atoms with van der Waals surface area (Å²) < 4.78 is 0. The molecule has 0 radical (unpaired) electrons. The molecule has 1 rings (SSSR count). The fourth-order valence-electron chi connectivity index (χ4n) is 3.16. The van der Waals surface area contributed by atoms with Crippen molar-refractivity contribution in [2.24, 2.45) is 10.9 Å². The summed E-state index contributed by atoms with van der Waals surface area (Å²) in [6, 6.07) is -0.532. The molecule has 0 unspecified atom stereocenters. The number of nitrogens with one attached hydrogen (secondary N) is 1. The van der Waals surface area contributed by atoms with Crippen molar-refractivity contribution in [2.45, 2.75) is 53.0 Å². The van der Waals surface area contributed by atoms with Crippen LogP contribution in [0.1, 0.15) is 47.0 Å². The fraction of sp³-hybridized carbons (Fsp3) is 0.778. The van der Waals surface area contributed by atoms with Crippen LogP contribution in [0, 0.1) is 5.92 Å². The van der Waals surface area contributed by atoms with Gasteiger partial charge in [-0.25, -0.2) is 4.79 Å². The molecule has 25 heavy (non-hydrogen) atoms. The van der Waals surface area contributed by atoms with Crippen LogP contribution in [0.25, 0.3) is 0 Å². The number of urea groups is 1. The molecule has 0 aromatic rings. The fourth-order valence-corrected chi connectivity index (χ4v) is 3.16. The van der Waals surface area contributed by atoms with Crippen LogP contribution in [0.15, 0.2) is 4.99 Å². The van der Waals surface area contributed by atoms with Crippen molar-refractivity contribution in [2.75, 3.05) is 33.7 Å². The minimum Gasteiger partial charge on any atom is -0.335 e. The van der Waals surface area contributed by atoms with Crippen molar-refractivity contribution >= 4 is 23.6 Å². The quantitative estimate of drug-likeness (QED) is 0.487. The molecule has 0 bridgehead atoms. The second-order valence-electron chi connectivity index (χ2n) is 6.68. The standard InChI is InChI=1S/C18H32N4O3/c1-7-14(19-13(4)11-10-12-22(8-2)9-3)15-16(23)20(5)18(25)21(6)17(15)24/h13,15H,7-12H2,1-6H3/p+1/t13-/m1/s1. The zero-order valence-electron chi connectivity index (χ0n) is 16.5. The van der Waals surface area contributed by atoms with Gasteiger partial charge < -0.3 is 4.90 Å². The Morgan fingerprint density at radius 2 is 1.60 bits per heavy atom. The van der Waals surface area contributed by atoms with Crippen molar-refractivity contribution in [3.63, 3.8) is 0 Å². The Labute approximate surface area is 151 Å². The minimum atomic E-state index is -0.964. The van der Waals surface area contributed by atoms with Crippen LogP contribution in [-0.4, -0.2) is 73.1 Å². The van der Waals surface area contributed by atoms with Crippen molar-refractivity contribution in [1.29, 1.82) is 0 Å². The summed E-state index contributed by atoms with van der Waals surface area (Å²) in [5.74, 6) is -1.92. The Bertz CT molecular complexity index is 504. The number of imide groups is 2. The number of carbonyl (C=O) groups excluding carboxylic acids is 3. The summed E-state index contributed by atoms with van der Waals surface area (Å²) in [5, 5.41) is 0. The molecule has 7 nitrogen and oxygen atoms in total. The van der Waals surface area contributed by atoms with Crippen molar-refractivity contribution in [1.82, 2.24) is 9.80 Å². The van der Waals surface area contributed by atoms with Gasteiger partial charge in [0.1, 0.15) is 0 Å². The summed E-state index contributed by atoms with van der Waals surface area (Å²) in [6.45, 7) is 11.6. The average molecular weight is 353 g/mol. The van der Waals surface area contributed by atoms with E-state index < -0.39 is 23.8 Å². The summed E-state index contributed by atoms with van der Waals surface area (Å²) >= 11 is 0. The molecule has 0 aromatic heterocycles. The van der Waals surface area contributed by atoms with Gasteiger partial charge in [0.05, 0.1) is 19.6 Å². The Kier molecular flexibility index (Phi) is 8.22. The van der Waals surface area contributed by atoms with Crippen LogP contribution in [0.4, 0.5) is 4.79 Å². The zero-order chi connectivity index (χ0) is 19.1. The van der Waals surface area contributed by atoms with Crippen LogP contribution in [0.2, 0.25) is 0 Å². The molecule has 1 N–H and O–H groups in total. The molecule has 1 fully saturated rings. The number of aliphatic imine (C=N–C) groups is 1. The summed E-state index contributed by atoms with van der Waals surface area (Å²) in [6.07, 6.45) is 2.50. The van der Waals surface area contributed by atoms with Gasteiger partial charge in [-0.1, -0.05) is 6.92 Å². The minimum absolute atomic E-state index is 0.0544. The number of nitrogens with zero attached hydrogens (tertiary/aromatic N) is 3. The maximum Gasteiger partial charge on any atom is 0.332 e. The SMILES string of the molecule is CCC(=N[C@H](C)CCC[NH+](CC)CC)C1C(=O)N(C)C(=O)N(C)C1=O. The highest BCUT2D eigenvalue weighted by molar-refractivity contribution is 6.27. The Hall–Kier alpha value is -1.76. The van der Waals surface area contributed by atoms with E-state index in [4.69, 9.17) is 0 Å². The van der Waals surface area contributed by atoms with E-state index in [9.17, 15) is 14.4 Å². The zero-order valence-corrected chi connectivity index (χ0v) is 16.5. The van der Waals surface area contributed by atoms with E-state index in [1.807, 2.05) is 13.8 Å². The molecule has 0 saturated carbocycles. The molecule has 0 aromatic carbocycles. The lowest BCUT2D eigenvalue weighted by Crippen LogP contribution is -3.11. The van der Waals surface area contributed by atoms with E-state index in [2.05, 4.69) is 18.8 Å². The van der Waals surface area contributed by atoms with Gasteiger partial charge in [0, 0.05) is 25.8 Å². The van der Waals surface area contributed by atoms with Crippen LogP contribution in [-0.2, 0) is 9.59 Å². The second-order valence-corrected chi connectivity index (χ2v) is 6.68. The van der Waals surface area contributed by atoms with E-state index in [1.54, 1.807) is 4.90 Å². The van der Waals surface area contributed by atoms with Gasteiger partial charge in [-0.2, -0.15) is 0 Å². The molecule has 4 amide bonds. The number of hydrogen-bond donors (Lipinski definition) is 1. The topological polar surface area (TPSA) is 74.5 Å². The summed E-state index contributed by atoms with van der Waals surface area (Å²) in [7, 11) is 2.81. The first-order valence-corrected chi connectivity index (χ1v) is 9.27. The highest BCUT2D eigenvalue weighted by Crippen LogP contribution is 2.19. The predicted octanol–water partition coefficient (Wildman–Crippen LogP) is 0.597. The summed E-state index contributed by atoms with van der Waals surface area (Å²) in [5.41, 5.74) is 0.573. The van der Waals surface area contributed by atoms with Gasteiger partial charge in [-0.05, 0) is 40.0 Å². The lowest BCUT2D eigenvalue weighted by molar-refractivity contribution is -0.896. The Morgan fingerprint density at radius 1 is 1.08 bits per heavy atom. The first-order valence-electron chi connectivity index (χ1n) is 9.27. The molecule has 1 aliphatic heterocycles. The number of rotatable bonds is 9. The lowest BCUT2D eigenvalue weighted by Gasteiger charge is -2.33. The first-order chi connectivity index (χ1) is 11.8. The molecule has 1 atom stereocenters.